The zero-order valence-corrected chi connectivity index (χ0v) is 16.4. The number of carbonyl (C=O) groups excluding carboxylic acids is 2. The number of nitrogens with zero attached hydrogens (tertiary/aromatic N) is 2. The van der Waals surface area contributed by atoms with Gasteiger partial charge in [-0.15, -0.1) is 0 Å². The molecule has 1 aromatic carbocycles. The number of amides is 2. The molecule has 2 aromatic rings. The van der Waals surface area contributed by atoms with Crippen LogP contribution in [0.3, 0.4) is 0 Å². The lowest BCUT2D eigenvalue weighted by Crippen LogP contribution is -2.44. The predicted octanol–water partition coefficient (Wildman–Crippen LogP) is 2.32. The van der Waals surface area contributed by atoms with Gasteiger partial charge in [0.05, 0.1) is 0 Å². The third-order valence-corrected chi connectivity index (χ3v) is 5.57. The van der Waals surface area contributed by atoms with Gasteiger partial charge in [0, 0.05) is 37.0 Å². The summed E-state index contributed by atoms with van der Waals surface area (Å²) in [5.74, 6) is -4.65. The highest BCUT2D eigenvalue weighted by atomic mass is 19.1. The fourth-order valence-electron chi connectivity index (χ4n) is 3.80. The Morgan fingerprint density at radius 3 is 2.74 bits per heavy atom. The van der Waals surface area contributed by atoms with E-state index in [1.165, 1.54) is 17.9 Å². The Morgan fingerprint density at radius 2 is 2.00 bits per heavy atom. The Hall–Kier alpha value is -3.56. The molecule has 31 heavy (non-hydrogen) atoms. The zero-order valence-electron chi connectivity index (χ0n) is 16.4. The van der Waals surface area contributed by atoms with E-state index in [9.17, 15) is 32.7 Å². The van der Waals surface area contributed by atoms with Crippen molar-refractivity contribution in [2.24, 2.45) is 0 Å². The third-order valence-electron chi connectivity index (χ3n) is 5.57. The molecule has 10 heteroatoms. The molecule has 0 fully saturated rings. The van der Waals surface area contributed by atoms with Crippen molar-refractivity contribution in [3.8, 4) is 5.75 Å². The van der Waals surface area contributed by atoms with E-state index in [-0.39, 0.29) is 42.9 Å². The van der Waals surface area contributed by atoms with E-state index in [2.05, 4.69) is 5.32 Å². The normalized spacial score (nSPS) is 17.7. The molecule has 4 rings (SSSR count). The molecule has 3 heterocycles. The number of fused-ring (bicyclic) bond motifs is 4. The average Bonchev–Trinajstić information content (AvgIpc) is 2.91. The molecule has 0 saturated heterocycles. The van der Waals surface area contributed by atoms with Crippen LogP contribution >= 0.6 is 0 Å². The lowest BCUT2D eigenvalue weighted by atomic mass is 10.1. The van der Waals surface area contributed by atoms with Gasteiger partial charge >= 0.3 is 0 Å². The molecule has 0 unspecified atom stereocenters. The van der Waals surface area contributed by atoms with Crippen molar-refractivity contribution < 1.29 is 27.9 Å². The average molecular weight is 433 g/mol. The zero-order chi connectivity index (χ0) is 22.4. The van der Waals surface area contributed by atoms with Crippen molar-refractivity contribution in [3.05, 3.63) is 74.5 Å². The monoisotopic (exact) mass is 433 g/mol. The predicted molar refractivity (Wildman–Crippen MR) is 103 cm³/mol. The summed E-state index contributed by atoms with van der Waals surface area (Å²) in [4.78, 5) is 39.1. The van der Waals surface area contributed by atoms with Crippen molar-refractivity contribution in [3.63, 3.8) is 0 Å². The van der Waals surface area contributed by atoms with E-state index in [1.807, 2.05) is 0 Å². The van der Waals surface area contributed by atoms with Gasteiger partial charge in [-0.1, -0.05) is 6.07 Å². The third kappa shape index (κ3) is 3.37. The molecule has 162 valence electrons. The number of benzene rings is 1. The highest BCUT2D eigenvalue weighted by Gasteiger charge is 2.38. The summed E-state index contributed by atoms with van der Waals surface area (Å²) in [6.45, 7) is 1.13. The maximum absolute atomic E-state index is 14.5. The minimum Gasteiger partial charge on any atom is -0.503 e. The van der Waals surface area contributed by atoms with E-state index in [0.29, 0.717) is 0 Å². The highest BCUT2D eigenvalue weighted by Crippen LogP contribution is 2.33. The van der Waals surface area contributed by atoms with Crippen molar-refractivity contribution in [1.29, 1.82) is 0 Å². The number of hydrogen-bond donors (Lipinski definition) is 2. The van der Waals surface area contributed by atoms with Crippen LogP contribution < -0.4 is 10.7 Å². The number of rotatable bonds is 3. The first kappa shape index (κ1) is 20.7. The summed E-state index contributed by atoms with van der Waals surface area (Å²) in [5.41, 5.74) is -2.23. The van der Waals surface area contributed by atoms with Crippen LogP contribution in [-0.4, -0.2) is 39.5 Å². The lowest BCUT2D eigenvalue weighted by Gasteiger charge is -2.34. The van der Waals surface area contributed by atoms with Crippen molar-refractivity contribution >= 4 is 11.8 Å². The van der Waals surface area contributed by atoms with Gasteiger partial charge in [0.2, 0.25) is 5.43 Å². The van der Waals surface area contributed by atoms with E-state index in [1.54, 1.807) is 0 Å². The first-order valence-corrected chi connectivity index (χ1v) is 9.55. The Bertz CT molecular complexity index is 1210. The number of pyridine rings is 1. The maximum atomic E-state index is 14.5. The molecule has 0 radical (unpaired) electrons. The van der Waals surface area contributed by atoms with Crippen LogP contribution in [0.1, 0.15) is 44.4 Å². The van der Waals surface area contributed by atoms with Gasteiger partial charge in [-0.2, -0.15) is 0 Å². The Kier molecular flexibility index (Phi) is 5.08. The van der Waals surface area contributed by atoms with Crippen LogP contribution in [0.5, 0.6) is 5.75 Å². The Balaban J connectivity index is 1.70. The SMILES string of the molecule is Cc1c(F)ccc(CNC(=O)c2cn3c(c(O)c2=O)C(=O)N2CCC=C(F)[C@@H]3C2)c1F. The molecule has 1 atom stereocenters. The summed E-state index contributed by atoms with van der Waals surface area (Å²) < 4.78 is 43.2. The molecule has 2 N–H and O–H groups in total. The van der Waals surface area contributed by atoms with Gasteiger partial charge in [0.15, 0.2) is 11.4 Å². The minimum absolute atomic E-state index is 0.00176. The first-order valence-electron chi connectivity index (χ1n) is 9.55. The number of carbonyl (C=O) groups is 2. The summed E-state index contributed by atoms with van der Waals surface area (Å²) in [7, 11) is 0. The first-order chi connectivity index (χ1) is 14.7. The molecule has 1 aromatic heterocycles. The molecule has 2 aliphatic heterocycles. The van der Waals surface area contributed by atoms with E-state index in [0.717, 1.165) is 22.9 Å². The van der Waals surface area contributed by atoms with Crippen LogP contribution in [0.2, 0.25) is 0 Å². The Morgan fingerprint density at radius 1 is 1.26 bits per heavy atom. The van der Waals surface area contributed by atoms with Gasteiger partial charge in [-0.3, -0.25) is 14.4 Å². The second kappa shape index (κ2) is 7.60. The number of aromatic nitrogens is 1. The molecule has 2 aliphatic rings. The second-order valence-electron chi connectivity index (χ2n) is 7.45. The van der Waals surface area contributed by atoms with Gasteiger partial charge in [0.1, 0.15) is 29.1 Å². The van der Waals surface area contributed by atoms with Crippen LogP contribution in [-0.2, 0) is 6.54 Å². The van der Waals surface area contributed by atoms with Gasteiger partial charge < -0.3 is 19.9 Å². The number of halogens is 3. The standard InChI is InChI=1S/C21H18F3N3O4/c1-10-13(22)5-4-11(16(10)24)7-25-20(30)12-8-27-15-9-26(6-2-3-14(15)23)21(31)17(27)19(29)18(12)28/h3-5,8,15,29H,2,6-7,9H2,1H3,(H,25,30)/t15-/m0/s1. The number of nitrogens with one attached hydrogen (secondary N) is 1. The molecule has 7 nitrogen and oxygen atoms in total. The fraction of sp³-hybridized carbons (Fsp3) is 0.286. The van der Waals surface area contributed by atoms with Crippen molar-refractivity contribution in [2.75, 3.05) is 13.1 Å². The second-order valence-corrected chi connectivity index (χ2v) is 7.45. The molecule has 0 spiro atoms. The van der Waals surface area contributed by atoms with Crippen LogP contribution in [0, 0.1) is 18.6 Å². The van der Waals surface area contributed by atoms with Crippen LogP contribution in [0.4, 0.5) is 13.2 Å². The van der Waals surface area contributed by atoms with Gasteiger partial charge in [0.25, 0.3) is 11.8 Å². The number of hydrogen-bond acceptors (Lipinski definition) is 4. The minimum atomic E-state index is -1.10. The molecule has 0 saturated carbocycles. The lowest BCUT2D eigenvalue weighted by molar-refractivity contribution is 0.0677. The van der Waals surface area contributed by atoms with Gasteiger partial charge in [-0.05, 0) is 25.5 Å². The highest BCUT2D eigenvalue weighted by molar-refractivity contribution is 5.99. The van der Waals surface area contributed by atoms with Crippen molar-refractivity contribution in [1.82, 2.24) is 14.8 Å². The van der Waals surface area contributed by atoms with E-state index >= 15 is 0 Å². The molecular formula is C21H18F3N3O4. The molecule has 2 amide bonds. The molecule has 2 bridgehead atoms. The fourth-order valence-corrected chi connectivity index (χ4v) is 3.80. The molecular weight excluding hydrogens is 415 g/mol. The summed E-state index contributed by atoms with van der Waals surface area (Å²) in [6.07, 6.45) is 2.63. The van der Waals surface area contributed by atoms with Gasteiger partial charge in [-0.25, -0.2) is 13.2 Å². The molecule has 0 aliphatic carbocycles. The number of aromatic hydroxyl groups is 1. The van der Waals surface area contributed by atoms with E-state index in [4.69, 9.17) is 0 Å². The maximum Gasteiger partial charge on any atom is 0.274 e. The Labute approximate surface area is 174 Å². The van der Waals surface area contributed by atoms with Crippen molar-refractivity contribution in [2.45, 2.75) is 25.9 Å². The van der Waals surface area contributed by atoms with E-state index < -0.39 is 52.1 Å². The smallest absolute Gasteiger partial charge is 0.274 e. The van der Waals surface area contributed by atoms with Crippen LogP contribution in [0.25, 0.3) is 0 Å². The summed E-state index contributed by atoms with van der Waals surface area (Å²) in [6, 6.07) is 1.23. The van der Waals surface area contributed by atoms with Crippen LogP contribution in [0.15, 0.2) is 35.0 Å². The quantitative estimate of drug-likeness (QED) is 0.777. The largest absolute Gasteiger partial charge is 0.503 e. The topological polar surface area (TPSA) is 91.6 Å². The summed E-state index contributed by atoms with van der Waals surface area (Å²) in [5, 5.41) is 12.7. The summed E-state index contributed by atoms with van der Waals surface area (Å²) >= 11 is 0.